The van der Waals surface area contributed by atoms with Crippen molar-refractivity contribution in [1.82, 2.24) is 0 Å². The van der Waals surface area contributed by atoms with E-state index in [1.807, 2.05) is 13.0 Å². The van der Waals surface area contributed by atoms with Crippen molar-refractivity contribution in [1.29, 1.82) is 0 Å². The Hall–Kier alpha value is -3.21. The molecule has 0 bridgehead atoms. The van der Waals surface area contributed by atoms with Crippen molar-refractivity contribution >= 4 is 23.3 Å². The molecule has 5 heteroatoms. The molecular formula is C20H18O5. The van der Waals surface area contributed by atoms with Crippen LogP contribution in [0.3, 0.4) is 0 Å². The SMILES string of the molecule is Cc1cccc(C(=O)CC(=C(CC(=O)O)C(=O)O)c2ccccc2)c1. The third-order valence-corrected chi connectivity index (χ3v) is 3.75. The summed E-state index contributed by atoms with van der Waals surface area (Å²) < 4.78 is 0. The van der Waals surface area contributed by atoms with E-state index in [9.17, 15) is 19.5 Å². The third kappa shape index (κ3) is 4.88. The molecule has 0 atom stereocenters. The summed E-state index contributed by atoms with van der Waals surface area (Å²) in [4.78, 5) is 35.3. The Balaban J connectivity index is 2.50. The summed E-state index contributed by atoms with van der Waals surface area (Å²) in [5.74, 6) is -2.85. The fourth-order valence-electron chi connectivity index (χ4n) is 2.57. The lowest BCUT2D eigenvalue weighted by atomic mass is 9.91. The standard InChI is InChI=1S/C20H18O5/c1-13-6-5-9-15(10-13)18(21)11-16(14-7-3-2-4-8-14)17(20(24)25)12-19(22)23/h2-10H,11-12H2,1H3,(H,22,23)(H,24,25). The van der Waals surface area contributed by atoms with Gasteiger partial charge in [-0.25, -0.2) is 4.79 Å². The van der Waals surface area contributed by atoms with E-state index >= 15 is 0 Å². The van der Waals surface area contributed by atoms with Gasteiger partial charge in [0.25, 0.3) is 0 Å². The minimum atomic E-state index is -1.33. The van der Waals surface area contributed by atoms with E-state index < -0.39 is 18.4 Å². The second-order valence-corrected chi connectivity index (χ2v) is 5.67. The number of carbonyl (C=O) groups is 3. The van der Waals surface area contributed by atoms with Gasteiger partial charge in [0, 0.05) is 12.0 Å². The molecule has 128 valence electrons. The number of carbonyl (C=O) groups excluding carboxylic acids is 1. The monoisotopic (exact) mass is 338 g/mol. The first-order valence-electron chi connectivity index (χ1n) is 7.71. The molecule has 0 saturated heterocycles. The van der Waals surface area contributed by atoms with Gasteiger partial charge in [-0.15, -0.1) is 0 Å². The molecule has 25 heavy (non-hydrogen) atoms. The minimum absolute atomic E-state index is 0.178. The molecular weight excluding hydrogens is 320 g/mol. The van der Waals surface area contributed by atoms with Crippen LogP contribution in [-0.4, -0.2) is 27.9 Å². The number of hydrogen-bond donors (Lipinski definition) is 2. The van der Waals surface area contributed by atoms with Crippen molar-refractivity contribution in [2.24, 2.45) is 0 Å². The van der Waals surface area contributed by atoms with Gasteiger partial charge in [0.05, 0.1) is 12.0 Å². The van der Waals surface area contributed by atoms with Crippen LogP contribution in [0.2, 0.25) is 0 Å². The maximum Gasteiger partial charge on any atom is 0.332 e. The molecule has 0 aliphatic carbocycles. The summed E-state index contributed by atoms with van der Waals surface area (Å²) in [6, 6.07) is 15.5. The summed E-state index contributed by atoms with van der Waals surface area (Å²) >= 11 is 0. The van der Waals surface area contributed by atoms with Crippen LogP contribution >= 0.6 is 0 Å². The first kappa shape index (κ1) is 18.1. The van der Waals surface area contributed by atoms with Crippen molar-refractivity contribution in [3.05, 3.63) is 76.9 Å². The van der Waals surface area contributed by atoms with E-state index in [0.29, 0.717) is 11.1 Å². The number of aryl methyl sites for hydroxylation is 1. The molecule has 0 aliphatic heterocycles. The number of benzene rings is 2. The van der Waals surface area contributed by atoms with E-state index in [4.69, 9.17) is 5.11 Å². The predicted molar refractivity (Wildman–Crippen MR) is 93.4 cm³/mol. The molecule has 0 spiro atoms. The smallest absolute Gasteiger partial charge is 0.332 e. The number of aliphatic carboxylic acids is 2. The molecule has 2 aromatic rings. The summed E-state index contributed by atoms with van der Waals surface area (Å²) in [6.07, 6.45) is -0.830. The molecule has 0 radical (unpaired) electrons. The molecule has 2 N–H and O–H groups in total. The number of Topliss-reactive ketones (excluding diaryl/α,β-unsaturated/α-hetero) is 1. The average Bonchev–Trinajstić information content (AvgIpc) is 2.58. The Morgan fingerprint density at radius 1 is 0.840 bits per heavy atom. The van der Waals surface area contributed by atoms with Gasteiger partial charge in [-0.05, 0) is 24.1 Å². The molecule has 2 aromatic carbocycles. The van der Waals surface area contributed by atoms with Gasteiger partial charge >= 0.3 is 11.9 Å². The molecule has 0 aromatic heterocycles. The lowest BCUT2D eigenvalue weighted by Gasteiger charge is -2.12. The number of hydrogen-bond acceptors (Lipinski definition) is 3. The van der Waals surface area contributed by atoms with Gasteiger partial charge < -0.3 is 10.2 Å². The molecule has 0 aliphatic rings. The third-order valence-electron chi connectivity index (χ3n) is 3.75. The highest BCUT2D eigenvalue weighted by Crippen LogP contribution is 2.26. The maximum atomic E-state index is 12.6. The Bertz CT molecular complexity index is 834. The lowest BCUT2D eigenvalue weighted by molar-refractivity contribution is -0.139. The van der Waals surface area contributed by atoms with Crippen LogP contribution < -0.4 is 0 Å². The predicted octanol–water partition coefficient (Wildman–Crippen LogP) is 3.58. The molecule has 0 fully saturated rings. The fraction of sp³-hybridized carbons (Fsp3) is 0.150. The Morgan fingerprint density at radius 3 is 2.04 bits per heavy atom. The zero-order valence-corrected chi connectivity index (χ0v) is 13.7. The fourth-order valence-corrected chi connectivity index (χ4v) is 2.57. The summed E-state index contributed by atoms with van der Waals surface area (Å²) in [6.45, 7) is 1.86. The van der Waals surface area contributed by atoms with Gasteiger partial charge in [0.1, 0.15) is 0 Å². The normalized spacial score (nSPS) is 11.6. The molecule has 0 heterocycles. The van der Waals surface area contributed by atoms with E-state index in [-0.39, 0.29) is 23.4 Å². The van der Waals surface area contributed by atoms with E-state index in [1.54, 1.807) is 48.5 Å². The number of carboxylic acid groups (broad SMARTS) is 2. The van der Waals surface area contributed by atoms with Crippen molar-refractivity contribution in [2.45, 2.75) is 19.8 Å². The van der Waals surface area contributed by atoms with Crippen LogP contribution in [0.25, 0.3) is 5.57 Å². The quantitative estimate of drug-likeness (QED) is 0.595. The van der Waals surface area contributed by atoms with Crippen molar-refractivity contribution in [3.63, 3.8) is 0 Å². The highest BCUT2D eigenvalue weighted by atomic mass is 16.4. The zero-order chi connectivity index (χ0) is 18.4. The summed E-state index contributed by atoms with van der Waals surface area (Å²) in [5.41, 5.74) is 1.86. The zero-order valence-electron chi connectivity index (χ0n) is 13.7. The van der Waals surface area contributed by atoms with E-state index in [0.717, 1.165) is 5.56 Å². The van der Waals surface area contributed by atoms with Crippen LogP contribution in [0.1, 0.15) is 34.3 Å². The minimum Gasteiger partial charge on any atom is -0.481 e. The number of ketones is 1. The molecule has 0 saturated carbocycles. The van der Waals surface area contributed by atoms with E-state index in [2.05, 4.69) is 0 Å². The van der Waals surface area contributed by atoms with Crippen LogP contribution in [-0.2, 0) is 9.59 Å². The number of carboxylic acids is 2. The first-order chi connectivity index (χ1) is 11.9. The summed E-state index contributed by atoms with van der Waals surface area (Å²) in [5, 5.41) is 18.5. The highest BCUT2D eigenvalue weighted by Gasteiger charge is 2.21. The second-order valence-electron chi connectivity index (χ2n) is 5.67. The molecule has 0 amide bonds. The van der Waals surface area contributed by atoms with Crippen LogP contribution in [0.4, 0.5) is 0 Å². The maximum absolute atomic E-state index is 12.6. The van der Waals surface area contributed by atoms with Crippen molar-refractivity contribution in [2.75, 3.05) is 0 Å². The Kier molecular flexibility index (Phi) is 5.84. The van der Waals surface area contributed by atoms with Crippen molar-refractivity contribution < 1.29 is 24.6 Å². The van der Waals surface area contributed by atoms with Crippen molar-refractivity contribution in [3.8, 4) is 0 Å². The molecule has 0 unspecified atom stereocenters. The molecule has 2 rings (SSSR count). The number of rotatable bonds is 7. The topological polar surface area (TPSA) is 91.7 Å². The second kappa shape index (κ2) is 8.06. The van der Waals surface area contributed by atoms with Crippen LogP contribution in [0, 0.1) is 6.92 Å². The van der Waals surface area contributed by atoms with Gasteiger partial charge in [0.15, 0.2) is 5.78 Å². The highest BCUT2D eigenvalue weighted by molar-refractivity contribution is 6.08. The van der Waals surface area contributed by atoms with Gasteiger partial charge in [-0.3, -0.25) is 9.59 Å². The average molecular weight is 338 g/mol. The largest absolute Gasteiger partial charge is 0.481 e. The Labute approximate surface area is 145 Å². The molecule has 5 nitrogen and oxygen atoms in total. The lowest BCUT2D eigenvalue weighted by Crippen LogP contribution is -2.12. The van der Waals surface area contributed by atoms with E-state index in [1.165, 1.54) is 0 Å². The Morgan fingerprint density at radius 2 is 1.48 bits per heavy atom. The van der Waals surface area contributed by atoms with Crippen LogP contribution in [0.15, 0.2) is 60.2 Å². The van der Waals surface area contributed by atoms with Gasteiger partial charge in [0.2, 0.25) is 0 Å². The number of allylic oxidation sites excluding steroid dienone is 1. The first-order valence-corrected chi connectivity index (χ1v) is 7.71. The van der Waals surface area contributed by atoms with Crippen LogP contribution in [0.5, 0.6) is 0 Å². The summed E-state index contributed by atoms with van der Waals surface area (Å²) in [7, 11) is 0. The van der Waals surface area contributed by atoms with Gasteiger partial charge in [-0.2, -0.15) is 0 Å². The van der Waals surface area contributed by atoms with Gasteiger partial charge in [-0.1, -0.05) is 54.1 Å².